The van der Waals surface area contributed by atoms with Crippen LogP contribution in [0.5, 0.6) is 5.75 Å². The second-order valence-corrected chi connectivity index (χ2v) is 12.2. The van der Waals surface area contributed by atoms with E-state index in [0.29, 0.717) is 0 Å². The summed E-state index contributed by atoms with van der Waals surface area (Å²) in [7, 11) is -1.41. The molecule has 0 amide bonds. The van der Waals surface area contributed by atoms with Gasteiger partial charge in [-0.2, -0.15) is 0 Å². The Labute approximate surface area is 204 Å². The van der Waals surface area contributed by atoms with E-state index < -0.39 is 44.3 Å². The molecule has 10 heteroatoms. The largest absolute Gasteiger partial charge is 0.504 e. The van der Waals surface area contributed by atoms with Gasteiger partial charge in [-0.1, -0.05) is 49.7 Å². The van der Waals surface area contributed by atoms with E-state index in [0.717, 1.165) is 22.7 Å². The number of carbonyl (C=O) groups excluding carboxylic acids is 2. The lowest BCUT2D eigenvalue weighted by Gasteiger charge is -2.45. The van der Waals surface area contributed by atoms with E-state index in [-0.39, 0.29) is 22.2 Å². The van der Waals surface area contributed by atoms with Crippen molar-refractivity contribution in [2.75, 3.05) is 19.4 Å². The average Bonchev–Trinajstić information content (AvgIpc) is 2.78. The molecule has 0 aromatic heterocycles. The number of nitrogens with zero attached hydrogens (tertiary/aromatic N) is 1. The maximum Gasteiger partial charge on any atom is 0.247 e. The van der Waals surface area contributed by atoms with Crippen molar-refractivity contribution in [1.82, 2.24) is 9.62 Å². The number of ketones is 2. The fourth-order valence-electron chi connectivity index (χ4n) is 4.65. The second kappa shape index (κ2) is 8.64. The number of hydrogen-bond donors (Lipinski definition) is 3. The molecule has 4 rings (SSSR count). The molecule has 182 valence electrons. The maximum atomic E-state index is 12.6. The number of anilines is 1. The lowest BCUT2D eigenvalue weighted by Crippen LogP contribution is -2.68. The Balaban J connectivity index is 1.65. The monoisotopic (exact) mass is 505 g/mol. The van der Waals surface area contributed by atoms with Gasteiger partial charge in [-0.3, -0.25) is 14.9 Å². The van der Waals surface area contributed by atoms with E-state index in [2.05, 4.69) is 30.5 Å². The zero-order valence-electron chi connectivity index (χ0n) is 19.4. The quantitative estimate of drug-likeness (QED) is 0.408. The first-order chi connectivity index (χ1) is 15.9. The Morgan fingerprint density at radius 2 is 1.71 bits per heavy atom. The summed E-state index contributed by atoms with van der Waals surface area (Å²) in [6.45, 7) is 4.24. The van der Waals surface area contributed by atoms with Gasteiger partial charge in [0, 0.05) is 20.1 Å². The van der Waals surface area contributed by atoms with E-state index in [1.165, 1.54) is 31.8 Å². The normalized spacial score (nSPS) is 24.0. The second-order valence-electron chi connectivity index (χ2n) is 9.68. The van der Waals surface area contributed by atoms with E-state index in [1.807, 2.05) is 18.2 Å². The molecule has 0 bridgehead atoms. The van der Waals surface area contributed by atoms with Crippen molar-refractivity contribution in [3.8, 4) is 5.75 Å². The SMILES string of the molecule is CN(C)S(=O)(=O)c1c(Cl)ccc(NC2C(=O)C(=O)C2NC2c3ccccc3CCC2(C)C)c1O. The van der Waals surface area contributed by atoms with Crippen LogP contribution >= 0.6 is 11.6 Å². The van der Waals surface area contributed by atoms with Gasteiger partial charge in [0.05, 0.1) is 10.7 Å². The Morgan fingerprint density at radius 1 is 1.06 bits per heavy atom. The van der Waals surface area contributed by atoms with E-state index in [9.17, 15) is 23.1 Å². The molecule has 3 N–H and O–H groups in total. The van der Waals surface area contributed by atoms with Crippen LogP contribution in [0.25, 0.3) is 0 Å². The summed E-state index contributed by atoms with van der Waals surface area (Å²) in [6.07, 6.45) is 1.85. The Morgan fingerprint density at radius 3 is 2.38 bits per heavy atom. The highest BCUT2D eigenvalue weighted by atomic mass is 35.5. The third-order valence-electron chi connectivity index (χ3n) is 6.81. The summed E-state index contributed by atoms with van der Waals surface area (Å²) >= 11 is 6.08. The van der Waals surface area contributed by atoms with Gasteiger partial charge in [0.25, 0.3) is 0 Å². The van der Waals surface area contributed by atoms with Crippen molar-refractivity contribution >= 4 is 38.9 Å². The van der Waals surface area contributed by atoms with Gasteiger partial charge in [0.15, 0.2) is 5.75 Å². The molecule has 2 aliphatic rings. The molecule has 2 aliphatic carbocycles. The van der Waals surface area contributed by atoms with Crippen LogP contribution in [0.1, 0.15) is 37.4 Å². The molecule has 1 saturated carbocycles. The predicted octanol–water partition coefficient (Wildman–Crippen LogP) is 2.90. The zero-order chi connectivity index (χ0) is 25.0. The first-order valence-electron chi connectivity index (χ1n) is 11.0. The van der Waals surface area contributed by atoms with Gasteiger partial charge in [-0.05, 0) is 41.5 Å². The van der Waals surface area contributed by atoms with Gasteiger partial charge >= 0.3 is 0 Å². The molecule has 0 aliphatic heterocycles. The molecular weight excluding hydrogens is 478 g/mol. The van der Waals surface area contributed by atoms with Crippen LogP contribution in [0.4, 0.5) is 5.69 Å². The van der Waals surface area contributed by atoms with Crippen LogP contribution in [0, 0.1) is 5.41 Å². The van der Waals surface area contributed by atoms with Crippen LogP contribution < -0.4 is 10.6 Å². The predicted molar refractivity (Wildman–Crippen MR) is 130 cm³/mol. The number of aryl methyl sites for hydroxylation is 1. The highest BCUT2D eigenvalue weighted by Gasteiger charge is 2.52. The van der Waals surface area contributed by atoms with Crippen LogP contribution in [0.3, 0.4) is 0 Å². The zero-order valence-corrected chi connectivity index (χ0v) is 21.0. The number of sulfonamides is 1. The fourth-order valence-corrected chi connectivity index (χ4v) is 6.13. The number of carbonyl (C=O) groups is 2. The van der Waals surface area contributed by atoms with Crippen LogP contribution in [-0.2, 0) is 26.0 Å². The number of fused-ring (bicyclic) bond motifs is 1. The number of phenols is 1. The lowest BCUT2D eigenvalue weighted by molar-refractivity contribution is -0.146. The smallest absolute Gasteiger partial charge is 0.247 e. The minimum absolute atomic E-state index is 0.00535. The molecule has 0 radical (unpaired) electrons. The molecule has 0 spiro atoms. The molecule has 34 heavy (non-hydrogen) atoms. The number of rotatable bonds is 6. The van der Waals surface area contributed by atoms with E-state index in [4.69, 9.17) is 11.6 Å². The Hall–Kier alpha value is -2.46. The van der Waals surface area contributed by atoms with Gasteiger partial charge in [-0.25, -0.2) is 12.7 Å². The summed E-state index contributed by atoms with van der Waals surface area (Å²) in [4.78, 5) is 24.6. The minimum atomic E-state index is -4.05. The summed E-state index contributed by atoms with van der Waals surface area (Å²) in [6, 6.07) is 8.81. The molecule has 1 fully saturated rings. The first-order valence-corrected chi connectivity index (χ1v) is 12.8. The summed E-state index contributed by atoms with van der Waals surface area (Å²) in [5, 5.41) is 16.8. The molecular formula is C24H28ClN3O5S. The van der Waals surface area contributed by atoms with Crippen molar-refractivity contribution < 1.29 is 23.1 Å². The van der Waals surface area contributed by atoms with Crippen LogP contribution in [0.15, 0.2) is 41.3 Å². The first kappa shape index (κ1) is 24.7. The van der Waals surface area contributed by atoms with Crippen molar-refractivity contribution in [3.05, 3.63) is 52.5 Å². The van der Waals surface area contributed by atoms with Crippen molar-refractivity contribution in [3.63, 3.8) is 0 Å². The van der Waals surface area contributed by atoms with Gasteiger partial charge in [0.2, 0.25) is 21.6 Å². The summed E-state index contributed by atoms with van der Waals surface area (Å²) < 4.78 is 26.2. The van der Waals surface area contributed by atoms with Gasteiger partial charge in [-0.15, -0.1) is 0 Å². The molecule has 2 aromatic rings. The van der Waals surface area contributed by atoms with Crippen molar-refractivity contribution in [1.29, 1.82) is 0 Å². The van der Waals surface area contributed by atoms with Crippen molar-refractivity contribution in [2.45, 2.75) is 49.7 Å². The average molecular weight is 506 g/mol. The minimum Gasteiger partial charge on any atom is -0.504 e. The molecule has 3 unspecified atom stereocenters. The van der Waals surface area contributed by atoms with Gasteiger partial charge in [0.1, 0.15) is 17.0 Å². The third-order valence-corrected chi connectivity index (χ3v) is 9.12. The van der Waals surface area contributed by atoms with E-state index >= 15 is 0 Å². The summed E-state index contributed by atoms with van der Waals surface area (Å²) in [5.74, 6) is -1.79. The lowest BCUT2D eigenvalue weighted by atomic mass is 9.69. The number of halogens is 1. The molecule has 2 aromatic carbocycles. The number of aromatic hydroxyl groups is 1. The van der Waals surface area contributed by atoms with Gasteiger partial charge < -0.3 is 10.4 Å². The third kappa shape index (κ3) is 4.00. The highest BCUT2D eigenvalue weighted by Crippen LogP contribution is 2.45. The number of hydrogen-bond acceptors (Lipinski definition) is 7. The molecule has 0 heterocycles. The Bertz CT molecular complexity index is 1280. The summed E-state index contributed by atoms with van der Waals surface area (Å²) in [5.41, 5.74) is 2.15. The molecule has 8 nitrogen and oxygen atoms in total. The number of Topliss-reactive ketones (excluding diaryl/α,β-unsaturated/α-hetero) is 2. The maximum absolute atomic E-state index is 12.6. The van der Waals surface area contributed by atoms with Crippen molar-refractivity contribution in [2.24, 2.45) is 5.41 Å². The molecule has 3 atom stereocenters. The van der Waals surface area contributed by atoms with Crippen LogP contribution in [-0.4, -0.2) is 55.6 Å². The number of phenolic OH excluding ortho intramolecular Hbond substituents is 1. The fraction of sp³-hybridized carbons (Fsp3) is 0.417. The number of benzene rings is 2. The number of nitrogens with one attached hydrogen (secondary N) is 2. The topological polar surface area (TPSA) is 116 Å². The Kier molecular flexibility index (Phi) is 6.27. The van der Waals surface area contributed by atoms with Crippen LogP contribution in [0.2, 0.25) is 5.02 Å². The highest BCUT2D eigenvalue weighted by molar-refractivity contribution is 7.89. The standard InChI is InChI=1S/C24H28ClN3O5S/c1-24(2)12-11-13-7-5-6-8-14(13)23(24)27-18-17(20(30)21(18)31)26-16-10-9-15(25)22(19(16)29)34(32,33)28(3)4/h5-10,17-18,23,26-27,29H,11-12H2,1-4H3. The molecule has 0 saturated heterocycles. The van der Waals surface area contributed by atoms with E-state index in [1.54, 1.807) is 0 Å².